The molecule has 1 heterocycles. The van der Waals surface area contributed by atoms with E-state index in [9.17, 15) is 14.0 Å². The number of esters is 1. The van der Waals surface area contributed by atoms with Gasteiger partial charge in [0, 0.05) is 23.1 Å². The van der Waals surface area contributed by atoms with Gasteiger partial charge in [-0.25, -0.2) is 14.2 Å². The van der Waals surface area contributed by atoms with E-state index >= 15 is 0 Å². The van der Waals surface area contributed by atoms with Crippen LogP contribution >= 0.6 is 11.6 Å². The SMILES string of the molecule is CCOC(=O)c1cnc(Cl)nc1Nc1cccc(C(=O)Nc2cccc(F)c2)c1. The molecule has 0 aliphatic rings. The molecular weight excluding hydrogens is 399 g/mol. The lowest BCUT2D eigenvalue weighted by Crippen LogP contribution is -2.13. The Labute approximate surface area is 170 Å². The van der Waals surface area contributed by atoms with E-state index in [1.807, 2.05) is 0 Å². The van der Waals surface area contributed by atoms with Gasteiger partial charge < -0.3 is 15.4 Å². The lowest BCUT2D eigenvalue weighted by atomic mass is 10.1. The number of carbonyl (C=O) groups excluding carboxylic acids is 2. The van der Waals surface area contributed by atoms with E-state index in [-0.39, 0.29) is 23.3 Å². The Morgan fingerprint density at radius 1 is 1.14 bits per heavy atom. The van der Waals surface area contributed by atoms with Crippen LogP contribution in [0.25, 0.3) is 0 Å². The van der Waals surface area contributed by atoms with Crippen LogP contribution in [0.15, 0.2) is 54.7 Å². The number of anilines is 3. The molecule has 0 aliphatic carbocycles. The summed E-state index contributed by atoms with van der Waals surface area (Å²) in [5.74, 6) is -1.34. The van der Waals surface area contributed by atoms with Gasteiger partial charge in [0.1, 0.15) is 17.2 Å². The largest absolute Gasteiger partial charge is 0.462 e. The molecule has 29 heavy (non-hydrogen) atoms. The Morgan fingerprint density at radius 3 is 2.66 bits per heavy atom. The van der Waals surface area contributed by atoms with Crippen molar-refractivity contribution in [2.24, 2.45) is 0 Å². The van der Waals surface area contributed by atoms with Crippen molar-refractivity contribution in [1.82, 2.24) is 9.97 Å². The number of nitrogens with zero attached hydrogens (tertiary/aromatic N) is 2. The lowest BCUT2D eigenvalue weighted by molar-refractivity contribution is 0.0526. The summed E-state index contributed by atoms with van der Waals surface area (Å²) in [7, 11) is 0. The standard InChI is InChI=1S/C20H16ClFN4O3/c1-2-29-19(28)16-11-23-20(21)26-17(16)24-14-7-3-5-12(9-14)18(27)25-15-8-4-6-13(22)10-15/h3-11H,2H2,1H3,(H,25,27)(H,23,24,26). The van der Waals surface area contributed by atoms with Crippen LogP contribution in [0.3, 0.4) is 0 Å². The van der Waals surface area contributed by atoms with Crippen molar-refractivity contribution in [3.63, 3.8) is 0 Å². The first kappa shape index (κ1) is 20.2. The molecule has 3 rings (SSSR count). The number of rotatable bonds is 6. The molecule has 148 valence electrons. The predicted molar refractivity (Wildman–Crippen MR) is 107 cm³/mol. The number of ether oxygens (including phenoxy) is 1. The number of amides is 1. The predicted octanol–water partition coefficient (Wildman–Crippen LogP) is 4.44. The number of carbonyl (C=O) groups is 2. The first-order valence-electron chi connectivity index (χ1n) is 8.60. The highest BCUT2D eigenvalue weighted by Crippen LogP contribution is 2.22. The monoisotopic (exact) mass is 414 g/mol. The molecule has 1 amide bonds. The van der Waals surface area contributed by atoms with Gasteiger partial charge in [-0.2, -0.15) is 4.98 Å². The van der Waals surface area contributed by atoms with E-state index in [1.54, 1.807) is 37.3 Å². The number of nitrogens with one attached hydrogen (secondary N) is 2. The third kappa shape index (κ3) is 5.26. The Kier molecular flexibility index (Phi) is 6.36. The van der Waals surface area contributed by atoms with Crippen LogP contribution in [-0.4, -0.2) is 28.5 Å². The summed E-state index contributed by atoms with van der Waals surface area (Å²) in [5, 5.41) is 5.51. The van der Waals surface area contributed by atoms with Gasteiger partial charge in [0.05, 0.1) is 6.61 Å². The third-order valence-electron chi connectivity index (χ3n) is 3.72. The molecule has 0 bridgehead atoms. The second-order valence-corrected chi connectivity index (χ2v) is 6.13. The third-order valence-corrected chi connectivity index (χ3v) is 3.91. The van der Waals surface area contributed by atoms with Crippen molar-refractivity contribution in [3.8, 4) is 0 Å². The van der Waals surface area contributed by atoms with Crippen LogP contribution in [0.2, 0.25) is 5.28 Å². The van der Waals surface area contributed by atoms with Crippen molar-refractivity contribution in [2.45, 2.75) is 6.92 Å². The second-order valence-electron chi connectivity index (χ2n) is 5.79. The smallest absolute Gasteiger partial charge is 0.343 e. The summed E-state index contributed by atoms with van der Waals surface area (Å²) in [6, 6.07) is 12.1. The van der Waals surface area contributed by atoms with Crippen molar-refractivity contribution in [2.75, 3.05) is 17.2 Å². The highest BCUT2D eigenvalue weighted by atomic mass is 35.5. The van der Waals surface area contributed by atoms with Crippen LogP contribution in [0.4, 0.5) is 21.6 Å². The Hall–Kier alpha value is -3.52. The molecule has 0 saturated carbocycles. The van der Waals surface area contributed by atoms with Crippen molar-refractivity contribution in [1.29, 1.82) is 0 Å². The summed E-state index contributed by atoms with van der Waals surface area (Å²) in [6.45, 7) is 1.87. The van der Waals surface area contributed by atoms with Gasteiger partial charge in [0.25, 0.3) is 5.91 Å². The molecule has 0 aliphatic heterocycles. The molecular formula is C20H16ClFN4O3. The second kappa shape index (κ2) is 9.11. The van der Waals surface area contributed by atoms with E-state index in [1.165, 1.54) is 24.4 Å². The number of benzene rings is 2. The highest BCUT2D eigenvalue weighted by Gasteiger charge is 2.16. The molecule has 0 fully saturated rings. The first-order valence-corrected chi connectivity index (χ1v) is 8.97. The van der Waals surface area contributed by atoms with Gasteiger partial charge in [-0.15, -0.1) is 0 Å². The fourth-order valence-corrected chi connectivity index (χ4v) is 2.59. The average Bonchev–Trinajstić information content (AvgIpc) is 2.68. The fourth-order valence-electron chi connectivity index (χ4n) is 2.46. The van der Waals surface area contributed by atoms with Crippen LogP contribution < -0.4 is 10.6 Å². The van der Waals surface area contributed by atoms with E-state index in [0.29, 0.717) is 16.9 Å². The maximum absolute atomic E-state index is 13.3. The molecule has 0 radical (unpaired) electrons. The maximum Gasteiger partial charge on any atom is 0.343 e. The van der Waals surface area contributed by atoms with Gasteiger partial charge in [-0.05, 0) is 54.9 Å². The molecule has 0 atom stereocenters. The molecule has 0 saturated heterocycles. The molecule has 0 unspecified atom stereocenters. The Balaban J connectivity index is 1.82. The highest BCUT2D eigenvalue weighted by molar-refractivity contribution is 6.28. The molecule has 1 aromatic heterocycles. The topological polar surface area (TPSA) is 93.2 Å². The zero-order valence-corrected chi connectivity index (χ0v) is 16.0. The molecule has 0 spiro atoms. The van der Waals surface area contributed by atoms with Crippen LogP contribution in [0.1, 0.15) is 27.6 Å². The van der Waals surface area contributed by atoms with Crippen LogP contribution in [0, 0.1) is 5.82 Å². The van der Waals surface area contributed by atoms with Crippen molar-refractivity contribution in [3.05, 3.63) is 77.0 Å². The summed E-state index contributed by atoms with van der Waals surface area (Å²) < 4.78 is 18.3. The number of hydrogen-bond acceptors (Lipinski definition) is 6. The van der Waals surface area contributed by atoms with Gasteiger partial charge in [0.2, 0.25) is 5.28 Å². The maximum atomic E-state index is 13.3. The summed E-state index contributed by atoms with van der Waals surface area (Å²) in [4.78, 5) is 32.4. The molecule has 3 aromatic rings. The number of hydrogen-bond donors (Lipinski definition) is 2. The summed E-state index contributed by atoms with van der Waals surface area (Å²) in [6.07, 6.45) is 1.26. The lowest BCUT2D eigenvalue weighted by Gasteiger charge is -2.11. The average molecular weight is 415 g/mol. The quantitative estimate of drug-likeness (QED) is 0.457. The van der Waals surface area contributed by atoms with Crippen molar-refractivity contribution >= 4 is 40.7 Å². The van der Waals surface area contributed by atoms with Crippen LogP contribution in [-0.2, 0) is 4.74 Å². The summed E-state index contributed by atoms with van der Waals surface area (Å²) in [5.41, 5.74) is 1.24. The van der Waals surface area contributed by atoms with Gasteiger partial charge in [-0.1, -0.05) is 12.1 Å². The van der Waals surface area contributed by atoms with Crippen LogP contribution in [0.5, 0.6) is 0 Å². The van der Waals surface area contributed by atoms with E-state index in [2.05, 4.69) is 20.6 Å². The minimum atomic E-state index is -0.605. The summed E-state index contributed by atoms with van der Waals surface area (Å²) >= 11 is 5.84. The molecule has 2 aromatic carbocycles. The Morgan fingerprint density at radius 2 is 1.90 bits per heavy atom. The number of halogens is 2. The molecule has 7 nitrogen and oxygen atoms in total. The van der Waals surface area contributed by atoms with Gasteiger partial charge >= 0.3 is 5.97 Å². The number of aromatic nitrogens is 2. The van der Waals surface area contributed by atoms with Crippen molar-refractivity contribution < 1.29 is 18.7 Å². The minimum Gasteiger partial charge on any atom is -0.462 e. The zero-order chi connectivity index (χ0) is 20.8. The Bertz CT molecular complexity index is 1060. The van der Waals surface area contributed by atoms with E-state index in [0.717, 1.165) is 0 Å². The van der Waals surface area contributed by atoms with E-state index in [4.69, 9.17) is 16.3 Å². The van der Waals surface area contributed by atoms with Gasteiger partial charge in [0.15, 0.2) is 0 Å². The van der Waals surface area contributed by atoms with Gasteiger partial charge in [-0.3, -0.25) is 4.79 Å². The zero-order valence-electron chi connectivity index (χ0n) is 15.3. The van der Waals surface area contributed by atoms with E-state index < -0.39 is 17.7 Å². The molecule has 9 heteroatoms. The fraction of sp³-hybridized carbons (Fsp3) is 0.100. The minimum absolute atomic E-state index is 0.0550. The first-order chi connectivity index (χ1) is 14.0. The molecule has 2 N–H and O–H groups in total. The normalized spacial score (nSPS) is 10.3.